The molecule has 5 N–H and O–H groups in total. The van der Waals surface area contributed by atoms with E-state index in [0.717, 1.165) is 38.9 Å². The number of ether oxygens (including phenoxy) is 2. The van der Waals surface area contributed by atoms with Crippen molar-refractivity contribution < 1.29 is 28.9 Å². The molecule has 2 heterocycles. The van der Waals surface area contributed by atoms with Crippen molar-refractivity contribution in [2.45, 2.75) is 33.5 Å². The van der Waals surface area contributed by atoms with Gasteiger partial charge in [-0.15, -0.1) is 0 Å². The van der Waals surface area contributed by atoms with Gasteiger partial charge in [-0.1, -0.05) is 30.3 Å². The van der Waals surface area contributed by atoms with E-state index >= 15 is 4.39 Å². The largest absolute Gasteiger partial charge is 0.496 e. The van der Waals surface area contributed by atoms with Crippen LogP contribution in [0, 0.1) is 13.8 Å². The second-order valence-electron chi connectivity index (χ2n) is 10.9. The van der Waals surface area contributed by atoms with E-state index in [0.29, 0.717) is 49.8 Å². The van der Waals surface area contributed by atoms with Crippen LogP contribution in [-0.2, 0) is 24.4 Å². The minimum Gasteiger partial charge on any atom is -0.496 e. The average Bonchev–Trinajstić information content (AvgIpc) is 3.07. The lowest BCUT2D eigenvalue weighted by Crippen LogP contribution is -2.20. The number of amides is 1. The molecule has 11 heteroatoms. The summed E-state index contributed by atoms with van der Waals surface area (Å²) in [4.78, 5) is 22.0. The van der Waals surface area contributed by atoms with Crippen molar-refractivity contribution in [3.8, 4) is 16.9 Å². The van der Waals surface area contributed by atoms with E-state index in [-0.39, 0.29) is 30.5 Å². The zero-order chi connectivity index (χ0) is 33.8. The van der Waals surface area contributed by atoms with Gasteiger partial charge >= 0.3 is 0 Å². The predicted octanol–water partition coefficient (Wildman–Crippen LogP) is 4.80. The number of nitrogens with one attached hydrogen (secondary N) is 3. The van der Waals surface area contributed by atoms with Crippen LogP contribution in [0.3, 0.4) is 0 Å². The molecule has 0 bridgehead atoms. The number of aromatic nitrogens is 2. The van der Waals surface area contributed by atoms with Gasteiger partial charge in [-0.25, -0.2) is 4.39 Å². The van der Waals surface area contributed by atoms with Crippen LogP contribution >= 0.6 is 0 Å². The molecule has 0 spiro atoms. The highest BCUT2D eigenvalue weighted by Gasteiger charge is 2.16. The molecule has 1 amide bonds. The molecule has 4 aromatic rings. The molecule has 0 radical (unpaired) electrons. The van der Waals surface area contributed by atoms with Crippen LogP contribution in [0.5, 0.6) is 5.75 Å². The molecular formula is C36H42FN5O5. The lowest BCUT2D eigenvalue weighted by Gasteiger charge is -2.16. The van der Waals surface area contributed by atoms with Crippen LogP contribution in [0.2, 0.25) is 0 Å². The van der Waals surface area contributed by atoms with Crippen LogP contribution < -0.4 is 20.7 Å². The van der Waals surface area contributed by atoms with E-state index in [1.54, 1.807) is 31.6 Å². The molecule has 0 saturated carbocycles. The van der Waals surface area contributed by atoms with E-state index in [2.05, 4.69) is 25.9 Å². The molecule has 47 heavy (non-hydrogen) atoms. The fourth-order valence-corrected chi connectivity index (χ4v) is 5.18. The number of aliphatic hydroxyl groups excluding tert-OH is 2. The van der Waals surface area contributed by atoms with Crippen molar-refractivity contribution in [3.05, 3.63) is 106 Å². The quantitative estimate of drug-likeness (QED) is 0.109. The van der Waals surface area contributed by atoms with Crippen LogP contribution in [0.15, 0.2) is 60.9 Å². The van der Waals surface area contributed by atoms with E-state index in [9.17, 15) is 4.79 Å². The van der Waals surface area contributed by atoms with Crippen molar-refractivity contribution in [3.63, 3.8) is 0 Å². The Hall–Kier alpha value is -4.52. The predicted molar refractivity (Wildman–Crippen MR) is 182 cm³/mol. The summed E-state index contributed by atoms with van der Waals surface area (Å²) in [5, 5.41) is 27.3. The van der Waals surface area contributed by atoms with Gasteiger partial charge in [0, 0.05) is 63.0 Å². The van der Waals surface area contributed by atoms with Gasteiger partial charge in [0.05, 0.1) is 26.9 Å². The number of methoxy groups -OCH3 is 2. The first-order chi connectivity index (χ1) is 22.8. The van der Waals surface area contributed by atoms with E-state index < -0.39 is 5.83 Å². The summed E-state index contributed by atoms with van der Waals surface area (Å²) in [7, 11) is 3.11. The second kappa shape index (κ2) is 17.4. The molecule has 4 rings (SSSR count). The van der Waals surface area contributed by atoms with Gasteiger partial charge < -0.3 is 35.6 Å². The molecule has 0 unspecified atom stereocenters. The summed E-state index contributed by atoms with van der Waals surface area (Å²) in [6.45, 7) is 6.02. The Morgan fingerprint density at radius 2 is 1.49 bits per heavy atom. The first-order valence-electron chi connectivity index (χ1n) is 15.3. The number of hydrogen-bond donors (Lipinski definition) is 5. The summed E-state index contributed by atoms with van der Waals surface area (Å²) in [5.74, 6) is -0.363. The molecule has 0 saturated heterocycles. The molecule has 248 valence electrons. The van der Waals surface area contributed by atoms with Crippen molar-refractivity contribution in [2.75, 3.05) is 45.8 Å². The number of carbonyl (C=O) groups is 1. The Balaban J connectivity index is 1.58. The minimum atomic E-state index is -0.508. The van der Waals surface area contributed by atoms with Gasteiger partial charge in [0.15, 0.2) is 0 Å². The molecule has 0 aliphatic rings. The number of aliphatic hydroxyl groups is 2. The van der Waals surface area contributed by atoms with E-state index in [4.69, 9.17) is 19.7 Å². The molecule has 0 aliphatic carbocycles. The maximum atomic E-state index is 15.5. The lowest BCUT2D eigenvalue weighted by molar-refractivity contribution is 0.102. The van der Waals surface area contributed by atoms with E-state index in [1.807, 2.05) is 50.2 Å². The first kappa shape index (κ1) is 35.3. The van der Waals surface area contributed by atoms with Crippen LogP contribution in [0.25, 0.3) is 23.0 Å². The summed E-state index contributed by atoms with van der Waals surface area (Å²) < 4.78 is 26.3. The maximum Gasteiger partial charge on any atom is 0.274 e. The Bertz CT molecular complexity index is 1710. The highest BCUT2D eigenvalue weighted by Crippen LogP contribution is 2.34. The summed E-state index contributed by atoms with van der Waals surface area (Å²) in [5.41, 5.74) is 7.70. The van der Waals surface area contributed by atoms with E-state index in [1.165, 1.54) is 13.2 Å². The van der Waals surface area contributed by atoms with Crippen LogP contribution in [-0.4, -0.2) is 66.6 Å². The number of carbonyl (C=O) groups excluding carboxylic acids is 1. The molecule has 2 aromatic heterocycles. The Morgan fingerprint density at radius 3 is 2.17 bits per heavy atom. The van der Waals surface area contributed by atoms with Gasteiger partial charge in [0.1, 0.15) is 23.0 Å². The van der Waals surface area contributed by atoms with Crippen molar-refractivity contribution in [1.82, 2.24) is 20.6 Å². The third-order valence-electron chi connectivity index (χ3n) is 7.76. The minimum absolute atomic E-state index is 0.00995. The van der Waals surface area contributed by atoms with Gasteiger partial charge in [0.25, 0.3) is 5.91 Å². The summed E-state index contributed by atoms with van der Waals surface area (Å²) >= 11 is 0. The second-order valence-corrected chi connectivity index (χ2v) is 10.9. The topological polar surface area (TPSA) is 138 Å². The van der Waals surface area contributed by atoms with Crippen molar-refractivity contribution in [1.29, 1.82) is 0 Å². The number of benzene rings is 2. The third-order valence-corrected chi connectivity index (χ3v) is 7.76. The average molecular weight is 644 g/mol. The lowest BCUT2D eigenvalue weighted by atomic mass is 9.92. The molecule has 0 aliphatic heterocycles. The molecule has 0 fully saturated rings. The monoisotopic (exact) mass is 643 g/mol. The smallest absolute Gasteiger partial charge is 0.274 e. The number of nitrogens with zero attached hydrogens (tertiary/aromatic N) is 2. The van der Waals surface area contributed by atoms with Gasteiger partial charge in [0.2, 0.25) is 0 Å². The highest BCUT2D eigenvalue weighted by molar-refractivity contribution is 6.04. The Kier molecular flexibility index (Phi) is 13.1. The fraction of sp³-hybridized carbons (Fsp3) is 0.306. The molecule has 0 atom stereocenters. The highest BCUT2D eigenvalue weighted by atomic mass is 19.1. The SMILES string of the molecule is COCc1cc(C(=O)Nc2cccc(-c3cccc(/C=C(\F)c4cc(OC)c(CNCCO)cn4)c3C)c2C)ncc1CNCCO. The summed E-state index contributed by atoms with van der Waals surface area (Å²) in [6, 6.07) is 14.6. The van der Waals surface area contributed by atoms with Gasteiger partial charge in [-0.3, -0.25) is 14.8 Å². The number of hydrogen-bond acceptors (Lipinski definition) is 9. The molecular weight excluding hydrogens is 601 g/mol. The number of halogens is 1. The normalized spacial score (nSPS) is 11.5. The molecule has 10 nitrogen and oxygen atoms in total. The standard InChI is InChI=1S/C36H42FN5O5/c1-23-25(15-31(37)33-17-35(47-4)28(21-40-33)19-39-12-14-44)7-5-8-29(23)30-9-6-10-32(24(30)2)42-36(45)34-16-26(22-46-3)27(20-41-34)18-38-11-13-43/h5-10,15-17,20-21,38-39,43-44H,11-14,18-19,22H2,1-4H3,(H,42,45)/b31-15-. The Morgan fingerprint density at radius 1 is 0.851 bits per heavy atom. The third kappa shape index (κ3) is 9.06. The van der Waals surface area contributed by atoms with Gasteiger partial charge in [-0.05, 0) is 71.0 Å². The number of rotatable bonds is 16. The maximum absolute atomic E-state index is 15.5. The van der Waals surface area contributed by atoms with Crippen LogP contribution in [0.1, 0.15) is 49.6 Å². The van der Waals surface area contributed by atoms with Gasteiger partial charge in [-0.2, -0.15) is 0 Å². The van der Waals surface area contributed by atoms with Crippen molar-refractivity contribution in [2.24, 2.45) is 0 Å². The Labute approximate surface area is 274 Å². The summed E-state index contributed by atoms with van der Waals surface area (Å²) in [6.07, 6.45) is 4.67. The zero-order valence-corrected chi connectivity index (χ0v) is 27.2. The number of pyridine rings is 2. The number of anilines is 1. The fourth-order valence-electron chi connectivity index (χ4n) is 5.18. The first-order valence-corrected chi connectivity index (χ1v) is 15.3. The zero-order valence-electron chi connectivity index (χ0n) is 27.2. The van der Waals surface area contributed by atoms with Crippen molar-refractivity contribution >= 4 is 23.5 Å². The molecule has 2 aromatic carbocycles. The van der Waals surface area contributed by atoms with Crippen LogP contribution in [0.4, 0.5) is 10.1 Å².